The number of nitrogens with one attached hydrogen (secondary N) is 2. The Bertz CT molecular complexity index is 867. The van der Waals surface area contributed by atoms with E-state index in [0.717, 1.165) is 5.39 Å². The molecule has 0 aliphatic carbocycles. The minimum atomic E-state index is -3.75. The summed E-state index contributed by atoms with van der Waals surface area (Å²) in [5, 5.41) is 7.70. The topological polar surface area (TPSA) is 101 Å². The fourth-order valence-electron chi connectivity index (χ4n) is 1.89. The van der Waals surface area contributed by atoms with E-state index >= 15 is 0 Å². The van der Waals surface area contributed by atoms with E-state index in [-0.39, 0.29) is 10.8 Å². The fourth-order valence-corrected chi connectivity index (χ4v) is 3.07. The van der Waals surface area contributed by atoms with Gasteiger partial charge in [-0.2, -0.15) is 4.98 Å². The Morgan fingerprint density at radius 3 is 2.85 bits per heavy atom. The van der Waals surface area contributed by atoms with Gasteiger partial charge in [-0.25, -0.2) is 13.1 Å². The van der Waals surface area contributed by atoms with Gasteiger partial charge in [-0.15, -0.1) is 5.10 Å². The molecule has 0 spiro atoms. The summed E-state index contributed by atoms with van der Waals surface area (Å²) >= 11 is 0. The summed E-state index contributed by atoms with van der Waals surface area (Å²) in [6, 6.07) is 6.66. The highest BCUT2D eigenvalue weighted by Gasteiger charge is 2.19. The van der Waals surface area contributed by atoms with Crippen molar-refractivity contribution >= 4 is 26.7 Å². The van der Waals surface area contributed by atoms with Crippen LogP contribution in [0.4, 0.5) is 5.95 Å². The number of fused-ring (bicyclic) bond motifs is 1. The Kier molecular flexibility index (Phi) is 2.87. The van der Waals surface area contributed by atoms with Crippen LogP contribution in [0.2, 0.25) is 0 Å². The Labute approximate surface area is 115 Å². The number of H-pyrrole nitrogens is 1. The molecule has 0 aliphatic rings. The summed E-state index contributed by atoms with van der Waals surface area (Å²) in [4.78, 5) is 8.08. The van der Waals surface area contributed by atoms with Crippen LogP contribution < -0.4 is 4.72 Å². The summed E-state index contributed by atoms with van der Waals surface area (Å²) in [6.45, 7) is 1.69. The van der Waals surface area contributed by atoms with Gasteiger partial charge in [-0.3, -0.25) is 10.1 Å². The van der Waals surface area contributed by atoms with Crippen molar-refractivity contribution in [3.05, 3.63) is 42.5 Å². The van der Waals surface area contributed by atoms with Gasteiger partial charge in [-0.05, 0) is 19.1 Å². The molecule has 0 bridgehead atoms. The van der Waals surface area contributed by atoms with Crippen LogP contribution in [0, 0.1) is 6.92 Å². The van der Waals surface area contributed by atoms with E-state index in [1.165, 1.54) is 6.07 Å². The summed E-state index contributed by atoms with van der Waals surface area (Å²) in [5.74, 6) is 0.554. The first kappa shape index (κ1) is 12.5. The second-order valence-electron chi connectivity index (χ2n) is 4.20. The van der Waals surface area contributed by atoms with Gasteiger partial charge in [-0.1, -0.05) is 12.1 Å². The maximum absolute atomic E-state index is 12.4. The Morgan fingerprint density at radius 1 is 1.25 bits per heavy atom. The van der Waals surface area contributed by atoms with Gasteiger partial charge < -0.3 is 0 Å². The number of benzene rings is 1. The first-order chi connectivity index (χ1) is 9.56. The molecule has 3 rings (SSSR count). The predicted molar refractivity (Wildman–Crippen MR) is 73.7 cm³/mol. The van der Waals surface area contributed by atoms with Crippen LogP contribution in [0.25, 0.3) is 10.8 Å². The van der Waals surface area contributed by atoms with Gasteiger partial charge in [0, 0.05) is 23.2 Å². The predicted octanol–water partition coefficient (Wildman–Crippen LogP) is 1.46. The average molecular weight is 289 g/mol. The third-order valence-electron chi connectivity index (χ3n) is 2.75. The SMILES string of the molecule is Cc1nc(NS(=O)(=O)c2cccc3cnccc23)n[nH]1. The normalized spacial score (nSPS) is 11.7. The minimum Gasteiger partial charge on any atom is -0.264 e. The zero-order valence-electron chi connectivity index (χ0n) is 10.5. The smallest absolute Gasteiger partial charge is 0.264 e. The van der Waals surface area contributed by atoms with E-state index in [1.807, 2.05) is 0 Å². The van der Waals surface area contributed by atoms with E-state index < -0.39 is 10.0 Å². The Hall–Kier alpha value is -2.48. The summed E-state index contributed by atoms with van der Waals surface area (Å²) in [5.41, 5.74) is 0. The molecular weight excluding hydrogens is 278 g/mol. The van der Waals surface area contributed by atoms with Crippen LogP contribution in [0.5, 0.6) is 0 Å². The standard InChI is InChI=1S/C12H11N5O2S/c1-8-14-12(16-15-8)17-20(18,19)11-4-2-3-9-7-13-6-5-10(9)11/h2-7H,1H3,(H2,14,15,16,17). The number of aryl methyl sites for hydroxylation is 1. The number of aromatic nitrogens is 4. The van der Waals surface area contributed by atoms with Crippen LogP contribution in [-0.4, -0.2) is 28.6 Å². The van der Waals surface area contributed by atoms with Gasteiger partial charge in [0.15, 0.2) is 0 Å². The van der Waals surface area contributed by atoms with Crippen molar-refractivity contribution in [1.29, 1.82) is 0 Å². The number of hydrogen-bond donors (Lipinski definition) is 2. The molecule has 7 nitrogen and oxygen atoms in total. The molecule has 0 unspecified atom stereocenters. The van der Waals surface area contributed by atoms with Crippen molar-refractivity contribution in [3.63, 3.8) is 0 Å². The van der Waals surface area contributed by atoms with Gasteiger partial charge in [0.05, 0.1) is 4.90 Å². The van der Waals surface area contributed by atoms with Crippen LogP contribution in [-0.2, 0) is 10.0 Å². The maximum atomic E-state index is 12.4. The lowest BCUT2D eigenvalue weighted by molar-refractivity contribution is 0.601. The second kappa shape index (κ2) is 4.57. The van der Waals surface area contributed by atoms with Crippen molar-refractivity contribution in [1.82, 2.24) is 20.2 Å². The molecule has 0 atom stereocenters. The van der Waals surface area contributed by atoms with E-state index in [4.69, 9.17) is 0 Å². The number of nitrogens with zero attached hydrogens (tertiary/aromatic N) is 3. The largest absolute Gasteiger partial charge is 0.264 e. The zero-order chi connectivity index (χ0) is 14.2. The molecule has 2 N–H and O–H groups in total. The van der Waals surface area contributed by atoms with E-state index in [2.05, 4.69) is 24.9 Å². The third-order valence-corrected chi connectivity index (χ3v) is 4.14. The molecule has 0 radical (unpaired) electrons. The fraction of sp³-hybridized carbons (Fsp3) is 0.0833. The molecule has 20 heavy (non-hydrogen) atoms. The quantitative estimate of drug-likeness (QED) is 0.760. The van der Waals surface area contributed by atoms with Crippen LogP contribution in [0.1, 0.15) is 5.82 Å². The lowest BCUT2D eigenvalue weighted by Gasteiger charge is -2.07. The maximum Gasteiger partial charge on any atom is 0.264 e. The lowest BCUT2D eigenvalue weighted by atomic mass is 10.2. The van der Waals surface area contributed by atoms with Crippen LogP contribution in [0.15, 0.2) is 41.6 Å². The van der Waals surface area contributed by atoms with Gasteiger partial charge in [0.2, 0.25) is 0 Å². The number of aromatic amines is 1. The summed E-state index contributed by atoms with van der Waals surface area (Å²) in [7, 11) is -3.75. The number of sulfonamides is 1. The molecule has 3 aromatic rings. The number of hydrogen-bond acceptors (Lipinski definition) is 5. The molecule has 1 aromatic carbocycles. The lowest BCUT2D eigenvalue weighted by Crippen LogP contribution is -2.14. The molecule has 2 aromatic heterocycles. The second-order valence-corrected chi connectivity index (χ2v) is 5.85. The minimum absolute atomic E-state index is 0.0218. The highest BCUT2D eigenvalue weighted by molar-refractivity contribution is 7.93. The third kappa shape index (κ3) is 2.21. The van der Waals surface area contributed by atoms with Gasteiger partial charge in [0.1, 0.15) is 5.82 Å². The number of rotatable bonds is 3. The highest BCUT2D eigenvalue weighted by atomic mass is 32.2. The van der Waals surface area contributed by atoms with Gasteiger partial charge >= 0.3 is 0 Å². The number of pyridine rings is 1. The molecule has 102 valence electrons. The average Bonchev–Trinajstić information content (AvgIpc) is 2.82. The molecule has 0 saturated heterocycles. The van der Waals surface area contributed by atoms with Gasteiger partial charge in [0.25, 0.3) is 16.0 Å². The molecule has 0 saturated carbocycles. The molecule has 0 fully saturated rings. The van der Waals surface area contributed by atoms with Crippen LogP contribution >= 0.6 is 0 Å². The van der Waals surface area contributed by atoms with E-state index in [0.29, 0.717) is 11.2 Å². The van der Waals surface area contributed by atoms with E-state index in [1.54, 1.807) is 37.5 Å². The first-order valence-electron chi connectivity index (χ1n) is 5.81. The first-order valence-corrected chi connectivity index (χ1v) is 7.29. The molecule has 0 aliphatic heterocycles. The Morgan fingerprint density at radius 2 is 2.10 bits per heavy atom. The molecule has 2 heterocycles. The number of anilines is 1. The summed E-state index contributed by atoms with van der Waals surface area (Å²) in [6.07, 6.45) is 3.17. The van der Waals surface area contributed by atoms with Crippen molar-refractivity contribution in [3.8, 4) is 0 Å². The zero-order valence-corrected chi connectivity index (χ0v) is 11.3. The Balaban J connectivity index is 2.09. The monoisotopic (exact) mass is 289 g/mol. The van der Waals surface area contributed by atoms with E-state index in [9.17, 15) is 8.42 Å². The highest BCUT2D eigenvalue weighted by Crippen LogP contribution is 2.23. The van der Waals surface area contributed by atoms with Crippen molar-refractivity contribution in [2.45, 2.75) is 11.8 Å². The molecule has 0 amide bonds. The molecule has 8 heteroatoms. The van der Waals surface area contributed by atoms with Crippen molar-refractivity contribution < 1.29 is 8.42 Å². The summed E-state index contributed by atoms with van der Waals surface area (Å²) < 4.78 is 27.1. The molecular formula is C12H11N5O2S. The van der Waals surface area contributed by atoms with Crippen molar-refractivity contribution in [2.24, 2.45) is 0 Å². The van der Waals surface area contributed by atoms with Crippen LogP contribution in [0.3, 0.4) is 0 Å². The van der Waals surface area contributed by atoms with Crippen molar-refractivity contribution in [2.75, 3.05) is 4.72 Å².